The zero-order valence-electron chi connectivity index (χ0n) is 14.6. The van der Waals surface area contributed by atoms with Crippen LogP contribution in [0.5, 0.6) is 0 Å². The first kappa shape index (κ1) is 16.9. The Morgan fingerprint density at radius 1 is 1.26 bits per heavy atom. The number of fused-ring (bicyclic) bond motifs is 1. The zero-order chi connectivity index (χ0) is 19.0. The molecule has 3 heterocycles. The molecule has 0 fully saturated rings. The standard InChI is InChI=1S/C19H14N6OS/c1-11-12(2)27-18(14(11)9-20)24-17(26)16-8-15(13-6-4-3-5-7-13)23-19-21-10-22-25(16)19/h3-8,10H,1-2H3,(H,24,26). The number of aromatic nitrogens is 4. The van der Waals surface area contributed by atoms with Crippen molar-refractivity contribution >= 4 is 28.0 Å². The van der Waals surface area contributed by atoms with Crippen molar-refractivity contribution in [3.05, 3.63) is 64.4 Å². The number of carbonyl (C=O) groups excluding carboxylic acids is 1. The highest BCUT2D eigenvalue weighted by Crippen LogP contribution is 2.32. The van der Waals surface area contributed by atoms with E-state index < -0.39 is 0 Å². The van der Waals surface area contributed by atoms with Crippen molar-refractivity contribution in [3.63, 3.8) is 0 Å². The fraction of sp³-hybridized carbons (Fsp3) is 0.105. The molecule has 0 spiro atoms. The van der Waals surface area contributed by atoms with Crippen LogP contribution in [0.4, 0.5) is 5.00 Å². The highest BCUT2D eigenvalue weighted by Gasteiger charge is 2.19. The average Bonchev–Trinajstić information content (AvgIpc) is 3.26. The molecule has 0 aliphatic heterocycles. The number of nitrogens with one attached hydrogen (secondary N) is 1. The number of nitriles is 1. The molecule has 7 nitrogen and oxygen atoms in total. The van der Waals surface area contributed by atoms with Gasteiger partial charge in [-0.3, -0.25) is 4.79 Å². The van der Waals surface area contributed by atoms with Crippen molar-refractivity contribution < 1.29 is 4.79 Å². The van der Waals surface area contributed by atoms with Gasteiger partial charge in [0.25, 0.3) is 11.7 Å². The summed E-state index contributed by atoms with van der Waals surface area (Å²) in [5.74, 6) is -0.0385. The van der Waals surface area contributed by atoms with E-state index in [1.54, 1.807) is 6.07 Å². The summed E-state index contributed by atoms with van der Waals surface area (Å²) in [6.07, 6.45) is 1.36. The Hall–Kier alpha value is -3.57. The number of thiophene rings is 1. The Morgan fingerprint density at radius 3 is 2.78 bits per heavy atom. The van der Waals surface area contributed by atoms with Gasteiger partial charge in [0.15, 0.2) is 0 Å². The lowest BCUT2D eigenvalue weighted by molar-refractivity contribution is 0.102. The summed E-state index contributed by atoms with van der Waals surface area (Å²) in [4.78, 5) is 22.5. The summed E-state index contributed by atoms with van der Waals surface area (Å²) in [6.45, 7) is 3.79. The van der Waals surface area contributed by atoms with E-state index in [4.69, 9.17) is 0 Å². The van der Waals surface area contributed by atoms with Crippen LogP contribution in [0.2, 0.25) is 0 Å². The lowest BCUT2D eigenvalue weighted by atomic mass is 10.1. The van der Waals surface area contributed by atoms with Gasteiger partial charge in [-0.1, -0.05) is 30.3 Å². The van der Waals surface area contributed by atoms with Gasteiger partial charge in [-0.2, -0.15) is 19.9 Å². The number of rotatable bonds is 3. The van der Waals surface area contributed by atoms with Crippen LogP contribution >= 0.6 is 11.3 Å². The van der Waals surface area contributed by atoms with Gasteiger partial charge in [0.05, 0.1) is 11.3 Å². The van der Waals surface area contributed by atoms with Gasteiger partial charge < -0.3 is 5.32 Å². The van der Waals surface area contributed by atoms with E-state index in [9.17, 15) is 10.1 Å². The summed E-state index contributed by atoms with van der Waals surface area (Å²) in [7, 11) is 0. The number of carbonyl (C=O) groups is 1. The molecule has 0 unspecified atom stereocenters. The molecule has 4 rings (SSSR count). The quantitative estimate of drug-likeness (QED) is 0.591. The second-order valence-electron chi connectivity index (χ2n) is 5.92. The van der Waals surface area contributed by atoms with Crippen LogP contribution < -0.4 is 5.32 Å². The molecule has 0 bridgehead atoms. The molecule has 132 valence electrons. The topological polar surface area (TPSA) is 96.0 Å². The Bertz CT molecular complexity index is 1200. The largest absolute Gasteiger partial charge is 0.311 e. The number of benzene rings is 1. The molecule has 3 aromatic heterocycles. The Kier molecular flexibility index (Phi) is 4.14. The lowest BCUT2D eigenvalue weighted by Crippen LogP contribution is -2.17. The second kappa shape index (κ2) is 6.63. The van der Waals surface area contributed by atoms with E-state index in [1.165, 1.54) is 22.2 Å². The minimum absolute atomic E-state index is 0.295. The van der Waals surface area contributed by atoms with Crippen LogP contribution in [0.25, 0.3) is 17.0 Å². The second-order valence-corrected chi connectivity index (χ2v) is 7.14. The normalized spacial score (nSPS) is 10.7. The van der Waals surface area contributed by atoms with Crippen molar-refractivity contribution in [3.8, 4) is 17.3 Å². The number of anilines is 1. The number of hydrogen-bond acceptors (Lipinski definition) is 6. The first-order valence-electron chi connectivity index (χ1n) is 8.16. The van der Waals surface area contributed by atoms with Gasteiger partial charge in [0, 0.05) is 10.4 Å². The van der Waals surface area contributed by atoms with E-state index in [1.807, 2.05) is 44.2 Å². The van der Waals surface area contributed by atoms with E-state index in [0.29, 0.717) is 27.7 Å². The summed E-state index contributed by atoms with van der Waals surface area (Å²) in [5.41, 5.74) is 3.16. The lowest BCUT2D eigenvalue weighted by Gasteiger charge is -2.08. The highest BCUT2D eigenvalue weighted by molar-refractivity contribution is 7.16. The van der Waals surface area contributed by atoms with Crippen LogP contribution in [-0.4, -0.2) is 25.5 Å². The molecule has 0 aliphatic carbocycles. The Labute approximate surface area is 158 Å². The predicted octanol–water partition coefficient (Wildman–Crippen LogP) is 3.59. The summed E-state index contributed by atoms with van der Waals surface area (Å²) in [6, 6.07) is 13.4. The van der Waals surface area contributed by atoms with E-state index in [0.717, 1.165) is 16.0 Å². The third-order valence-electron chi connectivity index (χ3n) is 4.28. The van der Waals surface area contributed by atoms with Crippen molar-refractivity contribution in [1.82, 2.24) is 19.6 Å². The monoisotopic (exact) mass is 374 g/mol. The highest BCUT2D eigenvalue weighted by atomic mass is 32.1. The molecule has 1 amide bonds. The molecule has 0 aliphatic rings. The number of hydrogen-bond donors (Lipinski definition) is 1. The van der Waals surface area contributed by atoms with Gasteiger partial charge in [-0.05, 0) is 25.5 Å². The number of aryl methyl sites for hydroxylation is 1. The zero-order valence-corrected chi connectivity index (χ0v) is 15.4. The van der Waals surface area contributed by atoms with Gasteiger partial charge in [-0.25, -0.2) is 4.98 Å². The van der Waals surface area contributed by atoms with Gasteiger partial charge in [0.2, 0.25) is 0 Å². The third-order valence-corrected chi connectivity index (χ3v) is 5.40. The molecule has 0 saturated carbocycles. The Morgan fingerprint density at radius 2 is 2.04 bits per heavy atom. The smallest absolute Gasteiger partial charge is 0.275 e. The van der Waals surface area contributed by atoms with Crippen LogP contribution in [0.3, 0.4) is 0 Å². The minimum Gasteiger partial charge on any atom is -0.311 e. The maximum absolute atomic E-state index is 13.0. The van der Waals surface area contributed by atoms with Gasteiger partial charge in [0.1, 0.15) is 23.1 Å². The maximum Gasteiger partial charge on any atom is 0.275 e. The summed E-state index contributed by atoms with van der Waals surface area (Å²) in [5, 5.41) is 16.9. The first-order chi connectivity index (χ1) is 13.1. The summed E-state index contributed by atoms with van der Waals surface area (Å²) >= 11 is 1.38. The molecule has 0 atom stereocenters. The molecule has 1 N–H and O–H groups in total. The molecule has 1 aromatic carbocycles. The average molecular weight is 374 g/mol. The fourth-order valence-electron chi connectivity index (χ4n) is 2.75. The van der Waals surface area contributed by atoms with E-state index in [2.05, 4.69) is 26.5 Å². The molecule has 27 heavy (non-hydrogen) atoms. The fourth-order valence-corrected chi connectivity index (χ4v) is 3.75. The summed E-state index contributed by atoms with van der Waals surface area (Å²) < 4.78 is 1.39. The first-order valence-corrected chi connectivity index (χ1v) is 8.97. The molecule has 0 radical (unpaired) electrons. The van der Waals surface area contributed by atoms with Crippen LogP contribution in [-0.2, 0) is 0 Å². The number of amides is 1. The van der Waals surface area contributed by atoms with Gasteiger partial charge >= 0.3 is 0 Å². The van der Waals surface area contributed by atoms with Crippen molar-refractivity contribution in [2.75, 3.05) is 5.32 Å². The number of nitrogens with zero attached hydrogens (tertiary/aromatic N) is 5. The van der Waals surface area contributed by atoms with Crippen molar-refractivity contribution in [1.29, 1.82) is 5.26 Å². The third kappa shape index (κ3) is 2.94. The molecule has 4 aromatic rings. The minimum atomic E-state index is -0.372. The van der Waals surface area contributed by atoms with E-state index >= 15 is 0 Å². The van der Waals surface area contributed by atoms with Crippen molar-refractivity contribution in [2.45, 2.75) is 13.8 Å². The maximum atomic E-state index is 13.0. The Balaban J connectivity index is 1.79. The molecular weight excluding hydrogens is 360 g/mol. The SMILES string of the molecule is Cc1sc(NC(=O)c2cc(-c3ccccc3)nc3ncnn23)c(C#N)c1C. The molecule has 8 heteroatoms. The molecule has 0 saturated heterocycles. The van der Waals surface area contributed by atoms with E-state index in [-0.39, 0.29) is 5.91 Å². The predicted molar refractivity (Wildman–Crippen MR) is 103 cm³/mol. The molecular formula is C19H14N6OS. The van der Waals surface area contributed by atoms with Crippen molar-refractivity contribution in [2.24, 2.45) is 0 Å². The van der Waals surface area contributed by atoms with Crippen LogP contribution in [0.15, 0.2) is 42.7 Å². The van der Waals surface area contributed by atoms with Crippen LogP contribution in [0.1, 0.15) is 26.5 Å². The van der Waals surface area contributed by atoms with Gasteiger partial charge in [-0.15, -0.1) is 11.3 Å². The van der Waals surface area contributed by atoms with Crippen LogP contribution in [0, 0.1) is 25.2 Å².